The van der Waals surface area contributed by atoms with Crippen LogP contribution >= 0.6 is 0 Å². The summed E-state index contributed by atoms with van der Waals surface area (Å²) in [6.45, 7) is 9.64. The average molecular weight is 256 g/mol. The fourth-order valence-corrected chi connectivity index (χ4v) is 1.32. The number of carbonyl (C=O) groups excluding carboxylic acids is 1. The van der Waals surface area contributed by atoms with Crippen LogP contribution in [0.4, 0.5) is 0 Å². The van der Waals surface area contributed by atoms with E-state index < -0.39 is 11.9 Å². The first kappa shape index (κ1) is 16.7. The van der Waals surface area contributed by atoms with Crippen molar-refractivity contribution in [2.45, 2.75) is 53.9 Å². The molecule has 4 nitrogen and oxygen atoms in total. The smallest absolute Gasteiger partial charge is 0.334 e. The van der Waals surface area contributed by atoms with Gasteiger partial charge in [0, 0.05) is 11.1 Å². The number of unbranched alkanes of at least 4 members (excludes halogenated alkanes) is 1. The summed E-state index contributed by atoms with van der Waals surface area (Å²) in [6, 6.07) is 0. The molecule has 0 saturated carbocycles. The summed E-state index contributed by atoms with van der Waals surface area (Å²) in [5.74, 6) is -1.56. The Kier molecular flexibility index (Phi) is 6.66. The Bertz CT molecular complexity index is 334. The van der Waals surface area contributed by atoms with Gasteiger partial charge in [0.2, 0.25) is 0 Å². The number of aliphatic carboxylic acids is 1. The topological polar surface area (TPSA) is 63.6 Å². The van der Waals surface area contributed by atoms with E-state index in [0.717, 1.165) is 12.8 Å². The van der Waals surface area contributed by atoms with Gasteiger partial charge in [-0.05, 0) is 25.2 Å². The molecular weight excluding hydrogens is 232 g/mol. The van der Waals surface area contributed by atoms with Gasteiger partial charge in [0.25, 0.3) is 0 Å². The van der Waals surface area contributed by atoms with Crippen LogP contribution in [0.15, 0.2) is 11.1 Å². The molecule has 0 aliphatic rings. The molecule has 0 atom stereocenters. The highest BCUT2D eigenvalue weighted by molar-refractivity contribution is 5.99. The SMILES string of the molecule is CCCCC(C(=O)O)=C(C)C(=O)OCC(C)(C)C. The van der Waals surface area contributed by atoms with Crippen LogP contribution in [0.5, 0.6) is 0 Å². The fourth-order valence-electron chi connectivity index (χ4n) is 1.32. The van der Waals surface area contributed by atoms with Crippen LogP contribution in [0.25, 0.3) is 0 Å². The van der Waals surface area contributed by atoms with Gasteiger partial charge in [-0.15, -0.1) is 0 Å². The van der Waals surface area contributed by atoms with Crippen LogP contribution in [0, 0.1) is 5.41 Å². The minimum atomic E-state index is -1.03. The predicted molar refractivity (Wildman–Crippen MR) is 70.3 cm³/mol. The third-order valence-electron chi connectivity index (χ3n) is 2.43. The molecule has 18 heavy (non-hydrogen) atoms. The van der Waals surface area contributed by atoms with E-state index in [9.17, 15) is 9.59 Å². The van der Waals surface area contributed by atoms with Crippen molar-refractivity contribution < 1.29 is 19.4 Å². The zero-order chi connectivity index (χ0) is 14.3. The molecule has 0 amide bonds. The number of ether oxygens (including phenoxy) is 1. The van der Waals surface area contributed by atoms with E-state index in [0.29, 0.717) is 6.42 Å². The quantitative estimate of drug-likeness (QED) is 0.585. The van der Waals surface area contributed by atoms with E-state index in [-0.39, 0.29) is 23.2 Å². The zero-order valence-electron chi connectivity index (χ0n) is 12.0. The van der Waals surface area contributed by atoms with Gasteiger partial charge < -0.3 is 9.84 Å². The molecule has 0 aliphatic heterocycles. The lowest BCUT2D eigenvalue weighted by molar-refractivity contribution is -0.142. The van der Waals surface area contributed by atoms with Gasteiger partial charge in [-0.1, -0.05) is 34.1 Å². The van der Waals surface area contributed by atoms with E-state index in [1.165, 1.54) is 6.92 Å². The molecular formula is C14H24O4. The van der Waals surface area contributed by atoms with Crippen molar-refractivity contribution in [3.05, 3.63) is 11.1 Å². The number of hydrogen-bond acceptors (Lipinski definition) is 3. The normalized spacial score (nSPS) is 12.9. The molecule has 0 aromatic rings. The number of esters is 1. The van der Waals surface area contributed by atoms with E-state index >= 15 is 0 Å². The Morgan fingerprint density at radius 1 is 1.22 bits per heavy atom. The molecule has 0 radical (unpaired) electrons. The van der Waals surface area contributed by atoms with Gasteiger partial charge in [0.05, 0.1) is 6.61 Å². The van der Waals surface area contributed by atoms with Crippen LogP contribution in [0.2, 0.25) is 0 Å². The second-order valence-electron chi connectivity index (χ2n) is 5.65. The summed E-state index contributed by atoms with van der Waals surface area (Å²) in [6.07, 6.45) is 2.05. The number of carboxylic acid groups (broad SMARTS) is 1. The molecule has 0 saturated heterocycles. The van der Waals surface area contributed by atoms with E-state index in [4.69, 9.17) is 9.84 Å². The summed E-state index contributed by atoms with van der Waals surface area (Å²) in [5.41, 5.74) is 0.249. The molecule has 0 aromatic carbocycles. The highest BCUT2D eigenvalue weighted by atomic mass is 16.5. The second kappa shape index (κ2) is 7.19. The number of carboxylic acids is 1. The molecule has 1 N–H and O–H groups in total. The summed E-state index contributed by atoms with van der Waals surface area (Å²) >= 11 is 0. The number of hydrogen-bond donors (Lipinski definition) is 1. The maximum Gasteiger partial charge on any atom is 0.334 e. The minimum absolute atomic E-state index is 0.122. The summed E-state index contributed by atoms with van der Waals surface area (Å²) < 4.78 is 5.12. The van der Waals surface area contributed by atoms with Crippen molar-refractivity contribution in [3.8, 4) is 0 Å². The third-order valence-corrected chi connectivity index (χ3v) is 2.43. The van der Waals surface area contributed by atoms with Crippen LogP contribution in [-0.2, 0) is 14.3 Å². The van der Waals surface area contributed by atoms with E-state index in [1.54, 1.807) is 0 Å². The lowest BCUT2D eigenvalue weighted by Gasteiger charge is -2.18. The predicted octanol–water partition coefficient (Wildman–Crippen LogP) is 3.17. The minimum Gasteiger partial charge on any atom is -0.478 e. The molecule has 104 valence electrons. The molecule has 0 aliphatic carbocycles. The van der Waals surface area contributed by atoms with Crippen molar-refractivity contribution in [3.63, 3.8) is 0 Å². The molecule has 0 rings (SSSR count). The second-order valence-corrected chi connectivity index (χ2v) is 5.65. The first-order chi connectivity index (χ1) is 8.19. The van der Waals surface area contributed by atoms with Gasteiger partial charge in [-0.25, -0.2) is 9.59 Å². The van der Waals surface area contributed by atoms with Crippen LogP contribution < -0.4 is 0 Å². The highest BCUT2D eigenvalue weighted by Gasteiger charge is 2.19. The van der Waals surface area contributed by atoms with Crippen molar-refractivity contribution >= 4 is 11.9 Å². The molecule has 0 unspecified atom stereocenters. The van der Waals surface area contributed by atoms with Gasteiger partial charge in [-0.2, -0.15) is 0 Å². The molecule has 0 spiro atoms. The maximum atomic E-state index is 11.8. The van der Waals surface area contributed by atoms with Crippen molar-refractivity contribution in [2.24, 2.45) is 5.41 Å². The maximum absolute atomic E-state index is 11.8. The lowest BCUT2D eigenvalue weighted by Crippen LogP contribution is -2.20. The van der Waals surface area contributed by atoms with Gasteiger partial charge in [-0.3, -0.25) is 0 Å². The number of rotatable bonds is 6. The molecule has 0 aromatic heterocycles. The van der Waals surface area contributed by atoms with Crippen LogP contribution in [-0.4, -0.2) is 23.7 Å². The van der Waals surface area contributed by atoms with Crippen molar-refractivity contribution in [2.75, 3.05) is 6.61 Å². The standard InChI is InChI=1S/C14H24O4/c1-6-7-8-11(12(15)16)10(2)13(17)18-9-14(3,4)5/h6-9H2,1-5H3,(H,15,16). The Morgan fingerprint density at radius 3 is 2.17 bits per heavy atom. The fraction of sp³-hybridized carbons (Fsp3) is 0.714. The Hall–Kier alpha value is -1.32. The number of carbonyl (C=O) groups is 2. The summed E-state index contributed by atoms with van der Waals surface area (Å²) in [7, 11) is 0. The monoisotopic (exact) mass is 256 g/mol. The molecule has 4 heteroatoms. The van der Waals surface area contributed by atoms with Gasteiger partial charge >= 0.3 is 11.9 Å². The summed E-state index contributed by atoms with van der Waals surface area (Å²) in [5, 5.41) is 9.08. The highest BCUT2D eigenvalue weighted by Crippen LogP contribution is 2.17. The first-order valence-corrected chi connectivity index (χ1v) is 6.29. The third kappa shape index (κ3) is 6.42. The van der Waals surface area contributed by atoms with Crippen LogP contribution in [0.3, 0.4) is 0 Å². The van der Waals surface area contributed by atoms with Gasteiger partial charge in [0.15, 0.2) is 0 Å². The van der Waals surface area contributed by atoms with Crippen molar-refractivity contribution in [1.82, 2.24) is 0 Å². The molecule has 0 fully saturated rings. The zero-order valence-corrected chi connectivity index (χ0v) is 12.0. The van der Waals surface area contributed by atoms with E-state index in [1.807, 2.05) is 27.7 Å². The molecule has 0 heterocycles. The lowest BCUT2D eigenvalue weighted by atomic mass is 9.98. The summed E-state index contributed by atoms with van der Waals surface area (Å²) in [4.78, 5) is 22.8. The van der Waals surface area contributed by atoms with E-state index in [2.05, 4.69) is 0 Å². The average Bonchev–Trinajstić information content (AvgIpc) is 2.24. The Balaban J connectivity index is 4.76. The Morgan fingerprint density at radius 2 is 1.78 bits per heavy atom. The van der Waals surface area contributed by atoms with Gasteiger partial charge in [0.1, 0.15) is 0 Å². The largest absolute Gasteiger partial charge is 0.478 e. The van der Waals surface area contributed by atoms with Crippen molar-refractivity contribution in [1.29, 1.82) is 0 Å². The first-order valence-electron chi connectivity index (χ1n) is 6.29. The molecule has 0 bridgehead atoms. The van der Waals surface area contributed by atoms with Crippen LogP contribution in [0.1, 0.15) is 53.9 Å². The Labute approximate surface area is 109 Å².